The van der Waals surface area contributed by atoms with Gasteiger partial charge in [-0.15, -0.1) is 11.3 Å². The number of piperidine rings is 1. The number of hydrogen-bond donors (Lipinski definition) is 2. The summed E-state index contributed by atoms with van der Waals surface area (Å²) in [6.45, 7) is 2.16. The van der Waals surface area contributed by atoms with Crippen molar-refractivity contribution in [3.05, 3.63) is 45.9 Å². The monoisotopic (exact) mass is 431 g/mol. The molecule has 0 radical (unpaired) electrons. The molecule has 2 aromatic rings. The summed E-state index contributed by atoms with van der Waals surface area (Å²) in [6.07, 6.45) is 1.84. The molecular formula is C20H21N3O6S. The standard InChI is InChI=1S/C20H21N3O6S/c1-12-8-21-16(30-12)11-29-14-4-2-13(3-5-14)10-23-7-6-15(24)18(20(23)28)19(27)22-9-17(25)26/h2-5,8,18H,6-7,9-11H2,1H3,(H,22,27)(H,25,26). The number of rotatable bonds is 8. The number of ether oxygens (including phenoxy) is 1. The minimum Gasteiger partial charge on any atom is -0.486 e. The number of benzene rings is 1. The molecule has 1 aliphatic heterocycles. The highest BCUT2D eigenvalue weighted by atomic mass is 32.1. The summed E-state index contributed by atoms with van der Waals surface area (Å²) >= 11 is 1.57. The second-order valence-electron chi connectivity index (χ2n) is 6.82. The number of thiazole rings is 1. The quantitative estimate of drug-likeness (QED) is 0.601. The highest BCUT2D eigenvalue weighted by molar-refractivity contribution is 7.11. The fraction of sp³-hybridized carbons (Fsp3) is 0.350. The van der Waals surface area contributed by atoms with Crippen LogP contribution in [0.5, 0.6) is 5.75 Å². The van der Waals surface area contributed by atoms with Crippen molar-refractivity contribution >= 4 is 34.9 Å². The number of carboxylic acid groups (broad SMARTS) is 1. The molecule has 2 N–H and O–H groups in total. The van der Waals surface area contributed by atoms with Crippen LogP contribution in [-0.4, -0.2) is 51.6 Å². The lowest BCUT2D eigenvalue weighted by Crippen LogP contribution is -2.52. The zero-order chi connectivity index (χ0) is 21.7. The first kappa shape index (κ1) is 21.4. The molecule has 1 fully saturated rings. The third kappa shape index (κ3) is 5.41. The van der Waals surface area contributed by atoms with Crippen LogP contribution < -0.4 is 10.1 Å². The van der Waals surface area contributed by atoms with E-state index in [2.05, 4.69) is 10.3 Å². The van der Waals surface area contributed by atoms with Gasteiger partial charge < -0.3 is 20.1 Å². The van der Waals surface area contributed by atoms with Gasteiger partial charge in [-0.25, -0.2) is 4.98 Å². The summed E-state index contributed by atoms with van der Waals surface area (Å²) in [5.74, 6) is -4.07. The van der Waals surface area contributed by atoms with Gasteiger partial charge in [0.2, 0.25) is 11.8 Å². The fourth-order valence-corrected chi connectivity index (χ4v) is 3.73. The van der Waals surface area contributed by atoms with Gasteiger partial charge in [0.1, 0.15) is 23.9 Å². The van der Waals surface area contributed by atoms with E-state index in [0.717, 1.165) is 15.4 Å². The zero-order valence-corrected chi connectivity index (χ0v) is 17.1. The van der Waals surface area contributed by atoms with Crippen molar-refractivity contribution < 1.29 is 29.0 Å². The maximum Gasteiger partial charge on any atom is 0.322 e. The molecule has 1 aromatic carbocycles. The second-order valence-corrected chi connectivity index (χ2v) is 8.14. The van der Waals surface area contributed by atoms with Crippen molar-refractivity contribution in [1.29, 1.82) is 0 Å². The molecule has 158 valence electrons. The average Bonchev–Trinajstić information content (AvgIpc) is 3.13. The molecule has 1 saturated heterocycles. The number of aromatic nitrogens is 1. The Labute approximate surface area is 176 Å². The number of hydrogen-bond acceptors (Lipinski definition) is 7. The largest absolute Gasteiger partial charge is 0.486 e. The molecule has 1 aliphatic rings. The van der Waals surface area contributed by atoms with Crippen LogP contribution in [0, 0.1) is 12.8 Å². The number of Topliss-reactive ketones (excluding diaryl/α,β-unsaturated/α-hetero) is 1. The Morgan fingerprint density at radius 3 is 2.67 bits per heavy atom. The van der Waals surface area contributed by atoms with E-state index in [1.54, 1.807) is 29.7 Å². The van der Waals surface area contributed by atoms with Crippen molar-refractivity contribution in [2.24, 2.45) is 5.92 Å². The minimum atomic E-state index is -1.50. The van der Waals surface area contributed by atoms with Gasteiger partial charge in [-0.05, 0) is 24.6 Å². The number of nitrogens with zero attached hydrogens (tertiary/aromatic N) is 2. The predicted molar refractivity (Wildman–Crippen MR) is 107 cm³/mol. The molecule has 1 atom stereocenters. The summed E-state index contributed by atoms with van der Waals surface area (Å²) in [6, 6.07) is 7.19. The number of likely N-dealkylation sites (tertiary alicyclic amines) is 1. The molecule has 30 heavy (non-hydrogen) atoms. The van der Waals surface area contributed by atoms with Crippen LogP contribution in [0.15, 0.2) is 30.5 Å². The van der Waals surface area contributed by atoms with Crippen LogP contribution in [-0.2, 0) is 32.3 Å². The lowest BCUT2D eigenvalue weighted by molar-refractivity contribution is -0.152. The number of aryl methyl sites for hydroxylation is 1. The van der Waals surface area contributed by atoms with Crippen LogP contribution in [0.2, 0.25) is 0 Å². The Hall–Kier alpha value is -3.27. The van der Waals surface area contributed by atoms with Gasteiger partial charge in [0.25, 0.3) is 0 Å². The summed E-state index contributed by atoms with van der Waals surface area (Å²) in [4.78, 5) is 54.2. The molecule has 0 saturated carbocycles. The first-order valence-electron chi connectivity index (χ1n) is 9.27. The Bertz CT molecular complexity index is 956. The third-order valence-electron chi connectivity index (χ3n) is 4.51. The topological polar surface area (TPSA) is 126 Å². The van der Waals surface area contributed by atoms with E-state index < -0.39 is 36.0 Å². The molecule has 0 aliphatic carbocycles. The highest BCUT2D eigenvalue weighted by Crippen LogP contribution is 2.21. The average molecular weight is 431 g/mol. The molecule has 2 amide bonds. The van der Waals surface area contributed by atoms with Crippen molar-refractivity contribution in [2.75, 3.05) is 13.1 Å². The summed E-state index contributed by atoms with van der Waals surface area (Å²) in [7, 11) is 0. The number of aliphatic carboxylic acids is 1. The van der Waals surface area contributed by atoms with Crippen LogP contribution in [0.1, 0.15) is 21.9 Å². The van der Waals surface area contributed by atoms with Gasteiger partial charge in [0.15, 0.2) is 11.7 Å². The number of amides is 2. The van der Waals surface area contributed by atoms with E-state index in [1.165, 1.54) is 4.90 Å². The zero-order valence-electron chi connectivity index (χ0n) is 16.3. The van der Waals surface area contributed by atoms with Crippen molar-refractivity contribution in [3.63, 3.8) is 0 Å². The van der Waals surface area contributed by atoms with Crippen molar-refractivity contribution in [3.8, 4) is 5.75 Å². The van der Waals surface area contributed by atoms with E-state index in [-0.39, 0.29) is 19.5 Å². The molecule has 3 rings (SSSR count). The maximum atomic E-state index is 12.6. The molecule has 2 heterocycles. The third-order valence-corrected chi connectivity index (χ3v) is 5.40. The normalized spacial score (nSPS) is 16.4. The van der Waals surface area contributed by atoms with Gasteiger partial charge in [-0.1, -0.05) is 12.1 Å². The van der Waals surface area contributed by atoms with Crippen molar-refractivity contribution in [1.82, 2.24) is 15.2 Å². The highest BCUT2D eigenvalue weighted by Gasteiger charge is 2.40. The summed E-state index contributed by atoms with van der Waals surface area (Å²) < 4.78 is 5.70. The van der Waals surface area contributed by atoms with Gasteiger partial charge >= 0.3 is 5.97 Å². The van der Waals surface area contributed by atoms with E-state index in [0.29, 0.717) is 12.4 Å². The summed E-state index contributed by atoms with van der Waals surface area (Å²) in [5.41, 5.74) is 0.819. The Morgan fingerprint density at radius 2 is 2.03 bits per heavy atom. The lowest BCUT2D eigenvalue weighted by atomic mass is 9.94. The molecule has 0 spiro atoms. The first-order valence-corrected chi connectivity index (χ1v) is 10.1. The van der Waals surface area contributed by atoms with Crippen LogP contribution in [0.3, 0.4) is 0 Å². The van der Waals surface area contributed by atoms with Gasteiger partial charge in [0, 0.05) is 30.6 Å². The summed E-state index contributed by atoms with van der Waals surface area (Å²) in [5, 5.41) is 11.6. The molecule has 1 aromatic heterocycles. The maximum absolute atomic E-state index is 12.6. The van der Waals surface area contributed by atoms with Crippen LogP contribution in [0.25, 0.3) is 0 Å². The van der Waals surface area contributed by atoms with E-state index >= 15 is 0 Å². The lowest BCUT2D eigenvalue weighted by Gasteiger charge is -2.30. The molecule has 1 unspecified atom stereocenters. The van der Waals surface area contributed by atoms with Gasteiger partial charge in [0.05, 0.1) is 0 Å². The Morgan fingerprint density at radius 1 is 1.30 bits per heavy atom. The smallest absolute Gasteiger partial charge is 0.322 e. The SMILES string of the molecule is Cc1cnc(COc2ccc(CN3CCC(=O)C(C(=O)NCC(=O)O)C3=O)cc2)s1. The Kier molecular flexibility index (Phi) is 6.78. The fourth-order valence-electron chi connectivity index (χ4n) is 3.02. The van der Waals surface area contributed by atoms with Gasteiger partial charge in [-0.3, -0.25) is 19.2 Å². The van der Waals surface area contributed by atoms with E-state index in [1.807, 2.05) is 19.1 Å². The minimum absolute atomic E-state index is 0.0469. The molecule has 0 bridgehead atoms. The van der Waals surface area contributed by atoms with Crippen LogP contribution >= 0.6 is 11.3 Å². The van der Waals surface area contributed by atoms with E-state index in [4.69, 9.17) is 9.84 Å². The first-order chi connectivity index (χ1) is 14.3. The Balaban J connectivity index is 1.58. The predicted octanol–water partition coefficient (Wildman–Crippen LogP) is 1.15. The number of carbonyl (C=O) groups is 4. The van der Waals surface area contributed by atoms with Crippen molar-refractivity contribution in [2.45, 2.75) is 26.5 Å². The number of nitrogens with one attached hydrogen (secondary N) is 1. The molecule has 9 nitrogen and oxygen atoms in total. The van der Waals surface area contributed by atoms with Gasteiger partial charge in [-0.2, -0.15) is 0 Å². The molecule has 10 heteroatoms. The van der Waals surface area contributed by atoms with Crippen LogP contribution in [0.4, 0.5) is 0 Å². The molecular weight excluding hydrogens is 410 g/mol. The number of carboxylic acids is 1. The van der Waals surface area contributed by atoms with E-state index in [9.17, 15) is 19.2 Å². The number of ketones is 1. The second kappa shape index (κ2) is 9.49. The number of carbonyl (C=O) groups excluding carboxylic acids is 3.